The summed E-state index contributed by atoms with van der Waals surface area (Å²) in [7, 11) is -4.05. The molecular formula is C22H28N2O11S. The van der Waals surface area contributed by atoms with Crippen molar-refractivity contribution in [3.05, 3.63) is 29.8 Å². The Bertz CT molecular complexity index is 1100. The van der Waals surface area contributed by atoms with Crippen molar-refractivity contribution < 1.29 is 51.3 Å². The third kappa shape index (κ3) is 8.30. The molecule has 0 saturated carbocycles. The summed E-state index contributed by atoms with van der Waals surface area (Å²) >= 11 is 0. The van der Waals surface area contributed by atoms with Crippen molar-refractivity contribution in [3.63, 3.8) is 0 Å². The number of sulfonamides is 1. The van der Waals surface area contributed by atoms with Crippen LogP contribution in [0, 0.1) is 6.92 Å². The normalized spacial score (nSPS) is 24.0. The van der Waals surface area contributed by atoms with E-state index in [9.17, 15) is 27.6 Å². The summed E-state index contributed by atoms with van der Waals surface area (Å²) in [5, 5.41) is 3.72. The number of carbonyl (C=O) groups is 4. The second kappa shape index (κ2) is 12.4. The van der Waals surface area contributed by atoms with Gasteiger partial charge in [-0.05, 0) is 19.1 Å². The molecule has 0 unspecified atom stereocenters. The standard InChI is InChI=1S/C22H28N2O11S/c1-12-6-8-17(9-7-12)36(29,30)24-23-10-18-20(32-14(3)26)22(34-16(5)28)21(33-15(4)27)19(35-18)11-31-13(2)25/h6-10,18-22,24H,11H2,1-5H3/b23-10+/t18-,19+,20-,21-,22+/m0/s1. The van der Waals surface area contributed by atoms with Gasteiger partial charge in [0.1, 0.15) is 18.8 Å². The molecule has 1 heterocycles. The average Bonchev–Trinajstić information content (AvgIpc) is 2.75. The highest BCUT2D eigenvalue weighted by atomic mass is 32.2. The number of nitrogens with one attached hydrogen (secondary N) is 1. The summed E-state index contributed by atoms with van der Waals surface area (Å²) in [6.07, 6.45) is -5.61. The minimum Gasteiger partial charge on any atom is -0.463 e. The Hall–Kier alpha value is -3.52. The number of hydrogen-bond acceptors (Lipinski definition) is 12. The van der Waals surface area contributed by atoms with Gasteiger partial charge in [-0.25, -0.2) is 4.83 Å². The molecule has 36 heavy (non-hydrogen) atoms. The van der Waals surface area contributed by atoms with Crippen molar-refractivity contribution in [2.24, 2.45) is 5.10 Å². The maximum Gasteiger partial charge on any atom is 0.303 e. The lowest BCUT2D eigenvalue weighted by molar-refractivity contribution is -0.240. The smallest absolute Gasteiger partial charge is 0.303 e. The van der Waals surface area contributed by atoms with Crippen molar-refractivity contribution in [1.82, 2.24) is 4.83 Å². The van der Waals surface area contributed by atoms with E-state index in [0.29, 0.717) is 0 Å². The summed E-state index contributed by atoms with van der Waals surface area (Å²) in [4.78, 5) is 48.7. The number of hydrogen-bond donors (Lipinski definition) is 1. The topological polar surface area (TPSA) is 173 Å². The maximum atomic E-state index is 12.5. The van der Waals surface area contributed by atoms with Crippen LogP contribution >= 0.6 is 0 Å². The van der Waals surface area contributed by atoms with Crippen LogP contribution in [0.2, 0.25) is 0 Å². The molecule has 1 fully saturated rings. The first-order valence-corrected chi connectivity index (χ1v) is 12.2. The van der Waals surface area contributed by atoms with Crippen LogP contribution in [0.3, 0.4) is 0 Å². The lowest BCUT2D eigenvalue weighted by Crippen LogP contribution is -2.62. The van der Waals surface area contributed by atoms with E-state index in [1.807, 2.05) is 4.83 Å². The molecule has 1 aromatic carbocycles. The SMILES string of the molecule is CC(=O)OC[C@H]1O[C@@H](/C=N/NS(=O)(=O)c2ccc(C)cc2)[C@H](OC(C)=O)[C@@H](OC(C)=O)[C@H]1OC(C)=O. The van der Waals surface area contributed by atoms with Crippen LogP contribution in [0.1, 0.15) is 33.3 Å². The van der Waals surface area contributed by atoms with Crippen LogP contribution in [-0.2, 0) is 52.9 Å². The zero-order valence-corrected chi connectivity index (χ0v) is 21.1. The Kier molecular flexibility index (Phi) is 9.93. The van der Waals surface area contributed by atoms with Crippen molar-refractivity contribution in [2.75, 3.05) is 6.61 Å². The summed E-state index contributed by atoms with van der Waals surface area (Å²) in [5.41, 5.74) is 0.856. The van der Waals surface area contributed by atoms with E-state index >= 15 is 0 Å². The minimum atomic E-state index is -4.05. The molecule has 2 rings (SSSR count). The van der Waals surface area contributed by atoms with Crippen LogP contribution < -0.4 is 4.83 Å². The van der Waals surface area contributed by atoms with Gasteiger partial charge >= 0.3 is 23.9 Å². The monoisotopic (exact) mass is 528 g/mol. The third-order valence-electron chi connectivity index (χ3n) is 4.75. The molecule has 0 radical (unpaired) electrons. The minimum absolute atomic E-state index is 0.0493. The van der Waals surface area contributed by atoms with Crippen molar-refractivity contribution >= 4 is 40.1 Å². The molecule has 0 aliphatic carbocycles. The van der Waals surface area contributed by atoms with Crippen LogP contribution in [-0.4, -0.2) is 75.6 Å². The number of carbonyl (C=O) groups excluding carboxylic acids is 4. The summed E-state index contributed by atoms with van der Waals surface area (Å²) in [6.45, 7) is 5.80. The zero-order valence-electron chi connectivity index (χ0n) is 20.3. The third-order valence-corrected chi connectivity index (χ3v) is 5.99. The number of aryl methyl sites for hydroxylation is 1. The van der Waals surface area contributed by atoms with Gasteiger partial charge in [-0.3, -0.25) is 19.2 Å². The highest BCUT2D eigenvalue weighted by Gasteiger charge is 2.51. The van der Waals surface area contributed by atoms with Crippen molar-refractivity contribution in [2.45, 2.75) is 70.0 Å². The van der Waals surface area contributed by atoms with E-state index in [2.05, 4.69) is 5.10 Å². The highest BCUT2D eigenvalue weighted by Crippen LogP contribution is 2.28. The number of nitrogens with zero attached hydrogens (tertiary/aromatic N) is 1. The van der Waals surface area contributed by atoms with Crippen LogP contribution in [0.4, 0.5) is 0 Å². The molecule has 0 spiro atoms. The largest absolute Gasteiger partial charge is 0.463 e. The maximum absolute atomic E-state index is 12.5. The first-order chi connectivity index (χ1) is 16.8. The Morgan fingerprint density at radius 3 is 1.94 bits per heavy atom. The van der Waals surface area contributed by atoms with E-state index in [0.717, 1.165) is 39.5 Å². The van der Waals surface area contributed by atoms with Crippen molar-refractivity contribution in [1.29, 1.82) is 0 Å². The molecule has 13 nitrogen and oxygen atoms in total. The van der Waals surface area contributed by atoms with Gasteiger partial charge in [-0.15, -0.1) is 0 Å². The Balaban J connectivity index is 2.40. The molecule has 0 aromatic heterocycles. The van der Waals surface area contributed by atoms with Gasteiger partial charge in [-0.1, -0.05) is 17.7 Å². The van der Waals surface area contributed by atoms with Crippen molar-refractivity contribution in [3.8, 4) is 0 Å². The average molecular weight is 529 g/mol. The Labute approximate surface area is 208 Å². The summed E-state index contributed by atoms with van der Waals surface area (Å²) < 4.78 is 51.7. The second-order valence-electron chi connectivity index (χ2n) is 7.85. The van der Waals surface area contributed by atoms with Crippen LogP contribution in [0.15, 0.2) is 34.3 Å². The molecule has 198 valence electrons. The van der Waals surface area contributed by atoms with E-state index in [1.165, 1.54) is 12.1 Å². The molecule has 14 heteroatoms. The number of hydrazone groups is 1. The van der Waals surface area contributed by atoms with E-state index < -0.39 is 71.0 Å². The number of ether oxygens (including phenoxy) is 5. The lowest BCUT2D eigenvalue weighted by Gasteiger charge is -2.43. The van der Waals surface area contributed by atoms with Gasteiger partial charge in [0, 0.05) is 27.7 Å². The number of rotatable bonds is 9. The molecule has 5 atom stereocenters. The molecule has 1 aliphatic heterocycles. The fraction of sp³-hybridized carbons (Fsp3) is 0.500. The number of benzene rings is 1. The molecular weight excluding hydrogens is 500 g/mol. The fourth-order valence-corrected chi connectivity index (χ4v) is 4.12. The van der Waals surface area contributed by atoms with Gasteiger partial charge in [0.05, 0.1) is 11.1 Å². The van der Waals surface area contributed by atoms with Gasteiger partial charge in [0.25, 0.3) is 10.0 Å². The Morgan fingerprint density at radius 2 is 1.42 bits per heavy atom. The summed E-state index contributed by atoms with van der Waals surface area (Å²) in [6, 6.07) is 6.00. The van der Waals surface area contributed by atoms with E-state index in [4.69, 9.17) is 23.7 Å². The van der Waals surface area contributed by atoms with Gasteiger partial charge in [-0.2, -0.15) is 13.5 Å². The first-order valence-electron chi connectivity index (χ1n) is 10.7. The van der Waals surface area contributed by atoms with Gasteiger partial charge < -0.3 is 23.7 Å². The molecule has 1 N–H and O–H groups in total. The fourth-order valence-electron chi connectivity index (χ4n) is 3.33. The van der Waals surface area contributed by atoms with E-state index in [-0.39, 0.29) is 4.90 Å². The first kappa shape index (κ1) is 28.7. The lowest BCUT2D eigenvalue weighted by atomic mass is 9.94. The molecule has 0 bridgehead atoms. The second-order valence-corrected chi connectivity index (χ2v) is 9.51. The Morgan fingerprint density at radius 1 is 0.889 bits per heavy atom. The molecule has 1 aromatic rings. The van der Waals surface area contributed by atoms with E-state index in [1.54, 1.807) is 19.1 Å². The predicted octanol–water partition coefficient (Wildman–Crippen LogP) is 0.385. The predicted molar refractivity (Wildman–Crippen MR) is 122 cm³/mol. The van der Waals surface area contributed by atoms with Gasteiger partial charge in [0.15, 0.2) is 18.3 Å². The quantitative estimate of drug-likeness (QED) is 0.203. The molecule has 1 saturated heterocycles. The molecule has 0 amide bonds. The molecule has 1 aliphatic rings. The zero-order chi connectivity index (χ0) is 27.0. The van der Waals surface area contributed by atoms with Gasteiger partial charge in [0.2, 0.25) is 0 Å². The number of esters is 4. The van der Waals surface area contributed by atoms with Crippen LogP contribution in [0.25, 0.3) is 0 Å². The summed E-state index contributed by atoms with van der Waals surface area (Å²) in [5.74, 6) is -3.02. The van der Waals surface area contributed by atoms with Crippen LogP contribution in [0.5, 0.6) is 0 Å². The highest BCUT2D eigenvalue weighted by molar-refractivity contribution is 7.89.